The molecule has 0 aliphatic carbocycles. The number of hydrogen-bond acceptors (Lipinski definition) is 4. The lowest BCUT2D eigenvalue weighted by atomic mass is 10.1. The van der Waals surface area contributed by atoms with Gasteiger partial charge in [0.25, 0.3) is 11.8 Å². The fraction of sp³-hybridized carbons (Fsp3) is 0.0294. The van der Waals surface area contributed by atoms with E-state index in [1.165, 1.54) is 30.0 Å². The van der Waals surface area contributed by atoms with Crippen molar-refractivity contribution in [2.75, 3.05) is 16.4 Å². The van der Waals surface area contributed by atoms with Crippen LogP contribution in [-0.4, -0.2) is 23.5 Å². The second kappa shape index (κ2) is 13.4. The van der Waals surface area contributed by atoms with E-state index < -0.39 is 17.6 Å². The van der Waals surface area contributed by atoms with Crippen molar-refractivity contribution in [2.45, 2.75) is 4.90 Å². The molecule has 0 spiro atoms. The molecule has 42 heavy (non-hydrogen) atoms. The molecule has 0 heterocycles. The molecule has 0 saturated carbocycles. The summed E-state index contributed by atoms with van der Waals surface area (Å²) in [5.74, 6) is -1.66. The van der Waals surface area contributed by atoms with Crippen LogP contribution in [0.1, 0.15) is 15.9 Å². The number of carbonyl (C=O) groups is 3. The molecule has 3 amide bonds. The van der Waals surface area contributed by atoms with Crippen molar-refractivity contribution in [1.82, 2.24) is 5.32 Å². The second-order valence-electron chi connectivity index (χ2n) is 9.28. The van der Waals surface area contributed by atoms with Crippen LogP contribution in [0, 0.1) is 5.82 Å². The highest BCUT2D eigenvalue weighted by atomic mass is 32.2. The number of anilines is 2. The van der Waals surface area contributed by atoms with Crippen molar-refractivity contribution in [1.29, 1.82) is 0 Å². The van der Waals surface area contributed by atoms with Gasteiger partial charge in [-0.15, -0.1) is 11.8 Å². The first-order valence-electron chi connectivity index (χ1n) is 13.1. The molecular weight excluding hydrogens is 549 g/mol. The average molecular weight is 576 g/mol. The van der Waals surface area contributed by atoms with Crippen LogP contribution < -0.4 is 16.0 Å². The van der Waals surface area contributed by atoms with Gasteiger partial charge in [-0.25, -0.2) is 4.39 Å². The Labute approximate surface area is 246 Å². The minimum absolute atomic E-state index is 0.123. The lowest BCUT2D eigenvalue weighted by Crippen LogP contribution is -2.30. The van der Waals surface area contributed by atoms with Crippen molar-refractivity contribution in [3.05, 3.63) is 144 Å². The molecule has 0 aromatic heterocycles. The Kier molecular flexibility index (Phi) is 9.06. The lowest BCUT2D eigenvalue weighted by Gasteiger charge is -2.12. The Hall–Kier alpha value is -5.21. The van der Waals surface area contributed by atoms with E-state index >= 15 is 0 Å². The van der Waals surface area contributed by atoms with E-state index in [2.05, 4.69) is 16.0 Å². The normalized spacial score (nSPS) is 11.1. The predicted molar refractivity (Wildman–Crippen MR) is 167 cm³/mol. The molecule has 0 unspecified atom stereocenters. The van der Waals surface area contributed by atoms with Crippen molar-refractivity contribution in [2.24, 2.45) is 0 Å². The molecule has 0 radical (unpaired) electrons. The Morgan fingerprint density at radius 1 is 0.690 bits per heavy atom. The summed E-state index contributed by atoms with van der Waals surface area (Å²) in [5.41, 5.74) is 1.55. The summed E-state index contributed by atoms with van der Waals surface area (Å²) in [4.78, 5) is 39.5. The summed E-state index contributed by atoms with van der Waals surface area (Å²) in [6.45, 7) is 0. The quantitative estimate of drug-likeness (QED) is 0.129. The monoisotopic (exact) mass is 575 g/mol. The molecule has 5 aromatic carbocycles. The topological polar surface area (TPSA) is 87.3 Å². The number of nitrogens with one attached hydrogen (secondary N) is 3. The molecule has 0 atom stereocenters. The van der Waals surface area contributed by atoms with Crippen LogP contribution in [-0.2, 0) is 9.59 Å². The van der Waals surface area contributed by atoms with E-state index in [1.54, 1.807) is 60.7 Å². The number of thioether (sulfide) groups is 1. The molecular formula is C34H26FN3O3S. The SMILES string of the molecule is O=C(CSc1cccc(NC(=O)/C(=C/c2ccccc2F)NC(=O)c2ccccc2)c1)Nc1ccc2ccccc2c1. The maximum absolute atomic E-state index is 14.4. The summed E-state index contributed by atoms with van der Waals surface area (Å²) < 4.78 is 14.4. The number of amides is 3. The molecule has 3 N–H and O–H groups in total. The predicted octanol–water partition coefficient (Wildman–Crippen LogP) is 7.12. The maximum atomic E-state index is 14.4. The third-order valence-electron chi connectivity index (χ3n) is 6.23. The Morgan fingerprint density at radius 2 is 1.40 bits per heavy atom. The minimum Gasteiger partial charge on any atom is -0.325 e. The number of carbonyl (C=O) groups excluding carboxylic acids is 3. The third-order valence-corrected chi connectivity index (χ3v) is 7.22. The smallest absolute Gasteiger partial charge is 0.272 e. The number of rotatable bonds is 9. The van der Waals surface area contributed by atoms with E-state index in [9.17, 15) is 18.8 Å². The zero-order valence-electron chi connectivity index (χ0n) is 22.3. The standard InChI is InChI=1S/C34H26FN3O3S/c35-30-16-7-6-13-26(30)20-31(38-33(40)24-10-2-1-3-11-24)34(41)37-27-14-8-15-29(21-27)42-22-32(39)36-28-18-17-23-9-4-5-12-25(23)19-28/h1-21H,22H2,(H,36,39)(H,37,41)(H,38,40)/b31-20-. The minimum atomic E-state index is -0.626. The van der Waals surface area contributed by atoms with Gasteiger partial charge < -0.3 is 16.0 Å². The first kappa shape index (κ1) is 28.3. The molecule has 0 fully saturated rings. The van der Waals surface area contributed by atoms with Crippen LogP contribution in [0.4, 0.5) is 15.8 Å². The van der Waals surface area contributed by atoms with Gasteiger partial charge in [0, 0.05) is 27.4 Å². The molecule has 208 valence electrons. The fourth-order valence-electron chi connectivity index (χ4n) is 4.17. The first-order valence-corrected chi connectivity index (χ1v) is 14.1. The Bertz CT molecular complexity index is 1790. The van der Waals surface area contributed by atoms with Crippen LogP contribution in [0.25, 0.3) is 16.8 Å². The van der Waals surface area contributed by atoms with E-state index in [4.69, 9.17) is 0 Å². The van der Waals surface area contributed by atoms with E-state index in [0.29, 0.717) is 16.9 Å². The maximum Gasteiger partial charge on any atom is 0.272 e. The van der Waals surface area contributed by atoms with Crippen LogP contribution >= 0.6 is 11.8 Å². The lowest BCUT2D eigenvalue weighted by molar-refractivity contribution is -0.114. The summed E-state index contributed by atoms with van der Waals surface area (Å²) in [6.07, 6.45) is 1.29. The van der Waals surface area contributed by atoms with Crippen LogP contribution in [0.2, 0.25) is 0 Å². The summed E-state index contributed by atoms with van der Waals surface area (Å²) in [5, 5.41) is 10.4. The van der Waals surface area contributed by atoms with Gasteiger partial charge in [0.1, 0.15) is 11.5 Å². The van der Waals surface area contributed by atoms with E-state index in [-0.39, 0.29) is 22.9 Å². The second-order valence-corrected chi connectivity index (χ2v) is 10.3. The molecule has 8 heteroatoms. The largest absolute Gasteiger partial charge is 0.325 e. The third kappa shape index (κ3) is 7.50. The van der Waals surface area contributed by atoms with E-state index in [0.717, 1.165) is 15.7 Å². The van der Waals surface area contributed by atoms with Crippen molar-refractivity contribution in [3.8, 4) is 0 Å². The van der Waals surface area contributed by atoms with Crippen LogP contribution in [0.3, 0.4) is 0 Å². The number of halogens is 1. The highest BCUT2D eigenvalue weighted by molar-refractivity contribution is 8.00. The number of benzene rings is 5. The zero-order valence-corrected chi connectivity index (χ0v) is 23.2. The first-order chi connectivity index (χ1) is 20.4. The number of hydrogen-bond donors (Lipinski definition) is 3. The summed E-state index contributed by atoms with van der Waals surface area (Å²) in [7, 11) is 0. The molecule has 0 saturated heterocycles. The molecule has 6 nitrogen and oxygen atoms in total. The van der Waals surface area contributed by atoms with Gasteiger partial charge in [0.15, 0.2) is 0 Å². The van der Waals surface area contributed by atoms with Crippen molar-refractivity contribution in [3.63, 3.8) is 0 Å². The van der Waals surface area contributed by atoms with Gasteiger partial charge in [-0.05, 0) is 65.4 Å². The summed E-state index contributed by atoms with van der Waals surface area (Å²) in [6, 6.07) is 35.1. The van der Waals surface area contributed by atoms with E-state index in [1.807, 2.05) is 48.5 Å². The molecule has 0 aliphatic rings. The highest BCUT2D eigenvalue weighted by Crippen LogP contribution is 2.24. The van der Waals surface area contributed by atoms with Crippen molar-refractivity contribution >= 4 is 57.7 Å². The van der Waals surface area contributed by atoms with Crippen LogP contribution in [0.5, 0.6) is 0 Å². The van der Waals surface area contributed by atoms with Gasteiger partial charge >= 0.3 is 0 Å². The molecule has 5 aromatic rings. The summed E-state index contributed by atoms with van der Waals surface area (Å²) >= 11 is 1.32. The Balaban J connectivity index is 1.25. The van der Waals surface area contributed by atoms with Gasteiger partial charge in [-0.3, -0.25) is 14.4 Å². The Morgan fingerprint density at radius 3 is 2.21 bits per heavy atom. The molecule has 0 bridgehead atoms. The highest BCUT2D eigenvalue weighted by Gasteiger charge is 2.16. The van der Waals surface area contributed by atoms with Crippen LogP contribution in [0.15, 0.2) is 132 Å². The molecule has 0 aliphatic heterocycles. The van der Waals surface area contributed by atoms with Gasteiger partial charge in [0.05, 0.1) is 5.75 Å². The van der Waals surface area contributed by atoms with Gasteiger partial charge in [-0.1, -0.05) is 72.8 Å². The van der Waals surface area contributed by atoms with Gasteiger partial charge in [0.2, 0.25) is 5.91 Å². The van der Waals surface area contributed by atoms with Crippen molar-refractivity contribution < 1.29 is 18.8 Å². The number of fused-ring (bicyclic) bond motifs is 1. The average Bonchev–Trinajstić information content (AvgIpc) is 3.01. The molecule has 5 rings (SSSR count). The fourth-order valence-corrected chi connectivity index (χ4v) is 4.92. The van der Waals surface area contributed by atoms with Gasteiger partial charge in [-0.2, -0.15) is 0 Å². The zero-order chi connectivity index (χ0) is 29.3.